The molecule has 2 aromatic carbocycles. The molecule has 1 aliphatic rings. The minimum atomic E-state index is -3.37. The average molecular weight is 314 g/mol. The predicted molar refractivity (Wildman–Crippen MR) is 86.1 cm³/mol. The maximum absolute atomic E-state index is 13.1. The summed E-state index contributed by atoms with van der Waals surface area (Å²) in [4.78, 5) is 11.3. The Morgan fingerprint density at radius 2 is 1.18 bits per heavy atom. The van der Waals surface area contributed by atoms with Crippen molar-refractivity contribution < 1.29 is 13.2 Å². The summed E-state index contributed by atoms with van der Waals surface area (Å²) >= 11 is 0. The molecule has 0 radical (unpaired) electrons. The lowest BCUT2D eigenvalue weighted by Crippen LogP contribution is -2.31. The normalized spacial score (nSPS) is 27.2. The molecule has 22 heavy (non-hydrogen) atoms. The molecule has 0 spiro atoms. The first-order chi connectivity index (χ1) is 10.6. The van der Waals surface area contributed by atoms with E-state index in [1.807, 2.05) is 60.7 Å². The standard InChI is InChI=1S/C18H18O3S/c19-13-14-11-17(15-7-3-1-4-8-15)22(20,21)18(12-14)16-9-5-2-6-10-16/h1-10,13-14,17-18H,11-12H2. The van der Waals surface area contributed by atoms with E-state index in [-0.39, 0.29) is 5.92 Å². The van der Waals surface area contributed by atoms with Gasteiger partial charge in [0.2, 0.25) is 0 Å². The second-order valence-electron chi connectivity index (χ2n) is 5.76. The third-order valence-corrected chi connectivity index (χ3v) is 6.88. The Morgan fingerprint density at radius 1 is 0.773 bits per heavy atom. The molecule has 2 unspecified atom stereocenters. The van der Waals surface area contributed by atoms with Crippen molar-refractivity contribution in [2.24, 2.45) is 5.92 Å². The summed E-state index contributed by atoms with van der Waals surface area (Å²) in [5.41, 5.74) is 1.55. The molecule has 3 nitrogen and oxygen atoms in total. The number of hydrogen-bond donors (Lipinski definition) is 0. The number of hydrogen-bond acceptors (Lipinski definition) is 3. The summed E-state index contributed by atoms with van der Waals surface area (Å²) in [5, 5.41) is -1.22. The van der Waals surface area contributed by atoms with E-state index in [9.17, 15) is 13.2 Å². The van der Waals surface area contributed by atoms with E-state index in [0.29, 0.717) is 12.8 Å². The van der Waals surface area contributed by atoms with Crippen molar-refractivity contribution in [1.29, 1.82) is 0 Å². The summed E-state index contributed by atoms with van der Waals surface area (Å²) in [6.07, 6.45) is 1.65. The van der Waals surface area contributed by atoms with Crippen molar-refractivity contribution in [2.45, 2.75) is 23.3 Å². The highest BCUT2D eigenvalue weighted by molar-refractivity contribution is 7.92. The molecule has 0 aromatic heterocycles. The zero-order valence-corrected chi connectivity index (χ0v) is 12.9. The molecule has 3 rings (SSSR count). The van der Waals surface area contributed by atoms with Crippen LogP contribution in [0.4, 0.5) is 0 Å². The molecule has 4 heteroatoms. The third-order valence-electron chi connectivity index (χ3n) is 4.36. The van der Waals surface area contributed by atoms with Gasteiger partial charge >= 0.3 is 0 Å². The van der Waals surface area contributed by atoms with Crippen LogP contribution in [0.1, 0.15) is 34.5 Å². The Labute approximate surface area is 130 Å². The molecular weight excluding hydrogens is 296 g/mol. The molecule has 0 saturated carbocycles. The van der Waals surface area contributed by atoms with Gasteiger partial charge in [0, 0.05) is 5.92 Å². The van der Waals surface area contributed by atoms with Gasteiger partial charge in [-0.2, -0.15) is 0 Å². The molecule has 1 fully saturated rings. The highest BCUT2D eigenvalue weighted by atomic mass is 32.2. The maximum Gasteiger partial charge on any atom is 0.164 e. The molecule has 1 saturated heterocycles. The van der Waals surface area contributed by atoms with Gasteiger partial charge in [0.05, 0.1) is 10.5 Å². The highest BCUT2D eigenvalue weighted by Crippen LogP contribution is 2.46. The van der Waals surface area contributed by atoms with Crippen LogP contribution in [0.25, 0.3) is 0 Å². The molecule has 0 bridgehead atoms. The largest absolute Gasteiger partial charge is 0.303 e. The van der Waals surface area contributed by atoms with Gasteiger partial charge in [0.15, 0.2) is 9.84 Å². The smallest absolute Gasteiger partial charge is 0.164 e. The van der Waals surface area contributed by atoms with Crippen molar-refractivity contribution in [1.82, 2.24) is 0 Å². The van der Waals surface area contributed by atoms with Crippen molar-refractivity contribution in [3.63, 3.8) is 0 Å². The fourth-order valence-electron chi connectivity index (χ4n) is 3.21. The van der Waals surface area contributed by atoms with E-state index in [1.165, 1.54) is 0 Å². The van der Waals surface area contributed by atoms with Gasteiger partial charge in [-0.05, 0) is 24.0 Å². The predicted octanol–water partition coefficient (Wildman–Crippen LogP) is 3.49. The first kappa shape index (κ1) is 15.0. The third kappa shape index (κ3) is 2.71. The van der Waals surface area contributed by atoms with Gasteiger partial charge in [-0.3, -0.25) is 0 Å². The van der Waals surface area contributed by atoms with Crippen LogP contribution in [0.5, 0.6) is 0 Å². The van der Waals surface area contributed by atoms with Crippen LogP contribution in [0.15, 0.2) is 60.7 Å². The number of aldehydes is 1. The SMILES string of the molecule is O=CC1CC(c2ccccc2)S(=O)(=O)C(c2ccccc2)C1. The Balaban J connectivity index is 2.06. The lowest BCUT2D eigenvalue weighted by atomic mass is 9.92. The van der Waals surface area contributed by atoms with Gasteiger partial charge in [-0.15, -0.1) is 0 Å². The average Bonchev–Trinajstić information content (AvgIpc) is 2.56. The molecular formula is C18H18O3S. The van der Waals surface area contributed by atoms with Crippen LogP contribution in [0, 0.1) is 5.92 Å². The fourth-order valence-corrected chi connectivity index (χ4v) is 5.71. The van der Waals surface area contributed by atoms with Crippen LogP contribution in [0.2, 0.25) is 0 Å². The minimum absolute atomic E-state index is 0.223. The van der Waals surface area contributed by atoms with Crippen molar-refractivity contribution >= 4 is 16.1 Å². The van der Waals surface area contributed by atoms with E-state index < -0.39 is 20.3 Å². The zero-order valence-electron chi connectivity index (χ0n) is 12.1. The number of carbonyl (C=O) groups is 1. The van der Waals surface area contributed by atoms with Crippen molar-refractivity contribution in [2.75, 3.05) is 0 Å². The van der Waals surface area contributed by atoms with E-state index in [0.717, 1.165) is 17.4 Å². The fraction of sp³-hybridized carbons (Fsp3) is 0.278. The quantitative estimate of drug-likeness (QED) is 0.815. The van der Waals surface area contributed by atoms with E-state index in [1.54, 1.807) is 0 Å². The van der Waals surface area contributed by atoms with Crippen LogP contribution < -0.4 is 0 Å². The molecule has 0 N–H and O–H groups in total. The Bertz CT molecular complexity index is 683. The zero-order chi connectivity index (χ0) is 15.6. The van der Waals surface area contributed by atoms with Crippen LogP contribution in [0.3, 0.4) is 0 Å². The second-order valence-corrected chi connectivity index (χ2v) is 8.07. The van der Waals surface area contributed by atoms with Crippen molar-refractivity contribution in [3.05, 3.63) is 71.8 Å². The Morgan fingerprint density at radius 3 is 1.55 bits per heavy atom. The number of sulfone groups is 1. The summed E-state index contributed by atoms with van der Waals surface area (Å²) < 4.78 is 26.1. The first-order valence-corrected chi connectivity index (χ1v) is 9.01. The second kappa shape index (κ2) is 6.05. The van der Waals surface area contributed by atoms with Crippen LogP contribution in [-0.4, -0.2) is 14.7 Å². The Kier molecular flexibility index (Phi) is 4.12. The molecule has 0 aliphatic carbocycles. The van der Waals surface area contributed by atoms with Gasteiger partial charge in [-0.25, -0.2) is 8.42 Å². The van der Waals surface area contributed by atoms with E-state index in [4.69, 9.17) is 0 Å². The molecule has 1 heterocycles. The molecule has 1 aliphatic heterocycles. The first-order valence-electron chi connectivity index (χ1n) is 7.41. The Hall–Kier alpha value is -1.94. The van der Waals surface area contributed by atoms with Gasteiger partial charge in [-0.1, -0.05) is 60.7 Å². The van der Waals surface area contributed by atoms with Gasteiger partial charge in [0.25, 0.3) is 0 Å². The van der Waals surface area contributed by atoms with Crippen LogP contribution >= 0.6 is 0 Å². The van der Waals surface area contributed by atoms with Crippen LogP contribution in [-0.2, 0) is 14.6 Å². The number of rotatable bonds is 3. The molecule has 0 amide bonds. The highest BCUT2D eigenvalue weighted by Gasteiger charge is 2.43. The summed E-state index contributed by atoms with van der Waals surface area (Å²) in [6, 6.07) is 18.4. The monoisotopic (exact) mass is 314 g/mol. The van der Waals surface area contributed by atoms with E-state index in [2.05, 4.69) is 0 Å². The molecule has 2 aromatic rings. The van der Waals surface area contributed by atoms with Crippen molar-refractivity contribution in [3.8, 4) is 0 Å². The maximum atomic E-state index is 13.1. The minimum Gasteiger partial charge on any atom is -0.303 e. The summed E-state index contributed by atoms with van der Waals surface area (Å²) in [6.45, 7) is 0. The molecule has 114 valence electrons. The summed E-state index contributed by atoms with van der Waals surface area (Å²) in [7, 11) is -3.37. The van der Waals surface area contributed by atoms with E-state index >= 15 is 0 Å². The van der Waals surface area contributed by atoms with Gasteiger partial charge < -0.3 is 4.79 Å². The number of benzene rings is 2. The number of carbonyl (C=O) groups excluding carboxylic acids is 1. The molecule has 2 atom stereocenters. The lowest BCUT2D eigenvalue weighted by Gasteiger charge is -2.33. The van der Waals surface area contributed by atoms with Gasteiger partial charge in [0.1, 0.15) is 6.29 Å². The summed E-state index contributed by atoms with van der Waals surface area (Å²) in [5.74, 6) is -0.223. The topological polar surface area (TPSA) is 51.2 Å². The lowest BCUT2D eigenvalue weighted by molar-refractivity contribution is -0.111.